The molecule has 0 saturated heterocycles. The molecule has 2 aromatic carbocycles. The number of hydrogen-bond acceptors (Lipinski definition) is 4. The predicted octanol–water partition coefficient (Wildman–Crippen LogP) is 4.37. The molecule has 2 aromatic heterocycles. The molecule has 2 atom stereocenters. The van der Waals surface area contributed by atoms with Gasteiger partial charge in [-0.05, 0) is 30.0 Å². The number of benzene rings is 2. The number of rotatable bonds is 8. The zero-order valence-electron chi connectivity index (χ0n) is 19.6. The summed E-state index contributed by atoms with van der Waals surface area (Å²) in [4.78, 5) is 34.2. The highest BCUT2D eigenvalue weighted by Gasteiger charge is 2.24. The third-order valence-electron chi connectivity index (χ3n) is 6.04. The highest BCUT2D eigenvalue weighted by molar-refractivity contribution is 5.88. The number of hydrogen-bond donors (Lipinski definition) is 2. The van der Waals surface area contributed by atoms with Crippen LogP contribution in [0.15, 0.2) is 53.3 Å². The number of imidazole rings is 1. The zero-order chi connectivity index (χ0) is 23.5. The number of carbonyl (C=O) groups excluding carboxylic acids is 1. The molecular formula is C26H31N5O2. The molecule has 0 fully saturated rings. The second-order valence-corrected chi connectivity index (χ2v) is 9.12. The summed E-state index contributed by atoms with van der Waals surface area (Å²) in [6, 6.07) is 15.0. The van der Waals surface area contributed by atoms with Crippen LogP contribution < -0.4 is 10.9 Å². The number of aromatic nitrogens is 4. The largest absolute Gasteiger partial charge is 0.346 e. The van der Waals surface area contributed by atoms with Gasteiger partial charge in [-0.15, -0.1) is 0 Å². The average Bonchev–Trinajstić information content (AvgIpc) is 3.23. The van der Waals surface area contributed by atoms with Crippen molar-refractivity contribution in [3.63, 3.8) is 0 Å². The third kappa shape index (κ3) is 4.82. The molecule has 7 nitrogen and oxygen atoms in total. The van der Waals surface area contributed by atoms with Gasteiger partial charge in [-0.1, -0.05) is 64.4 Å². The van der Waals surface area contributed by atoms with Crippen LogP contribution in [0.1, 0.15) is 51.7 Å². The van der Waals surface area contributed by atoms with Crippen LogP contribution in [0.2, 0.25) is 0 Å². The Morgan fingerprint density at radius 3 is 2.45 bits per heavy atom. The van der Waals surface area contributed by atoms with E-state index in [4.69, 9.17) is 4.98 Å². The van der Waals surface area contributed by atoms with Crippen molar-refractivity contribution in [2.75, 3.05) is 0 Å². The molecule has 172 valence electrons. The van der Waals surface area contributed by atoms with Crippen LogP contribution in [0.4, 0.5) is 0 Å². The number of aromatic amines is 1. The summed E-state index contributed by atoms with van der Waals surface area (Å²) in [6.45, 7) is 8.80. The van der Waals surface area contributed by atoms with Gasteiger partial charge in [0.05, 0.1) is 34.6 Å². The van der Waals surface area contributed by atoms with E-state index in [-0.39, 0.29) is 35.8 Å². The third-order valence-corrected chi connectivity index (χ3v) is 6.04. The summed E-state index contributed by atoms with van der Waals surface area (Å²) in [5.41, 5.74) is 2.31. The van der Waals surface area contributed by atoms with Crippen LogP contribution in [0, 0.1) is 11.8 Å². The molecule has 0 aliphatic carbocycles. The predicted molar refractivity (Wildman–Crippen MR) is 131 cm³/mol. The van der Waals surface area contributed by atoms with E-state index in [0.29, 0.717) is 17.6 Å². The molecule has 2 N–H and O–H groups in total. The molecule has 2 heterocycles. The van der Waals surface area contributed by atoms with E-state index in [9.17, 15) is 9.59 Å². The second-order valence-electron chi connectivity index (χ2n) is 9.12. The Bertz CT molecular complexity index is 1300. The number of para-hydroxylation sites is 2. The van der Waals surface area contributed by atoms with Gasteiger partial charge in [0, 0.05) is 11.9 Å². The molecular weight excluding hydrogens is 414 g/mol. The number of H-pyrrole nitrogens is 1. The molecule has 0 bridgehead atoms. The summed E-state index contributed by atoms with van der Waals surface area (Å²) in [5.74, 6) is 1.06. The minimum Gasteiger partial charge on any atom is -0.346 e. The Morgan fingerprint density at radius 1 is 1.06 bits per heavy atom. The summed E-state index contributed by atoms with van der Waals surface area (Å²) in [5, 5.41) is 9.07. The van der Waals surface area contributed by atoms with Crippen molar-refractivity contribution in [1.29, 1.82) is 0 Å². The second kappa shape index (κ2) is 9.57. The molecule has 0 unspecified atom stereocenters. The first-order valence-electron chi connectivity index (χ1n) is 11.6. The van der Waals surface area contributed by atoms with Crippen molar-refractivity contribution in [2.24, 2.45) is 11.8 Å². The number of carbonyl (C=O) groups is 1. The van der Waals surface area contributed by atoms with Gasteiger partial charge in [0.2, 0.25) is 5.91 Å². The summed E-state index contributed by atoms with van der Waals surface area (Å²) in [6.07, 6.45) is 0.981. The van der Waals surface area contributed by atoms with E-state index in [2.05, 4.69) is 29.2 Å². The lowest BCUT2D eigenvalue weighted by molar-refractivity contribution is -0.121. The quantitative estimate of drug-likeness (QED) is 0.421. The number of nitrogens with one attached hydrogen (secondary N) is 2. The smallest absolute Gasteiger partial charge is 0.274 e. The Balaban J connectivity index is 1.65. The van der Waals surface area contributed by atoms with Gasteiger partial charge in [0.1, 0.15) is 5.82 Å². The van der Waals surface area contributed by atoms with Crippen molar-refractivity contribution in [2.45, 2.75) is 53.1 Å². The van der Waals surface area contributed by atoms with Gasteiger partial charge in [0.25, 0.3) is 5.56 Å². The van der Waals surface area contributed by atoms with Crippen LogP contribution >= 0.6 is 0 Å². The van der Waals surface area contributed by atoms with Crippen molar-refractivity contribution in [3.8, 4) is 0 Å². The van der Waals surface area contributed by atoms with E-state index in [1.54, 1.807) is 6.07 Å². The summed E-state index contributed by atoms with van der Waals surface area (Å²) in [7, 11) is 0. The SMILES string of the molecule is CC[C@H](C)[C@@H](NC(=O)Cc1nn(CC(C)C)c(=O)c2ccccc12)c1nc2ccccc2[nH]1. The average molecular weight is 446 g/mol. The lowest BCUT2D eigenvalue weighted by Gasteiger charge is -2.22. The first kappa shape index (κ1) is 22.7. The first-order chi connectivity index (χ1) is 15.9. The Hall–Kier alpha value is -3.48. The van der Waals surface area contributed by atoms with Gasteiger partial charge in [-0.2, -0.15) is 5.10 Å². The van der Waals surface area contributed by atoms with E-state index < -0.39 is 0 Å². The molecule has 0 spiro atoms. The fourth-order valence-electron chi connectivity index (χ4n) is 4.12. The van der Waals surface area contributed by atoms with E-state index in [1.165, 1.54) is 4.68 Å². The molecule has 33 heavy (non-hydrogen) atoms. The van der Waals surface area contributed by atoms with Crippen LogP contribution in [-0.2, 0) is 17.8 Å². The van der Waals surface area contributed by atoms with E-state index in [0.717, 1.165) is 28.7 Å². The molecule has 0 saturated carbocycles. The number of fused-ring (bicyclic) bond motifs is 2. The van der Waals surface area contributed by atoms with Crippen molar-refractivity contribution in [3.05, 3.63) is 70.4 Å². The van der Waals surface area contributed by atoms with Crippen molar-refractivity contribution >= 4 is 27.7 Å². The number of nitrogens with zero attached hydrogens (tertiary/aromatic N) is 3. The fraction of sp³-hybridized carbons (Fsp3) is 0.385. The molecule has 7 heteroatoms. The Labute approximate surface area is 193 Å². The zero-order valence-corrected chi connectivity index (χ0v) is 19.6. The van der Waals surface area contributed by atoms with Crippen LogP contribution in [-0.4, -0.2) is 25.7 Å². The van der Waals surface area contributed by atoms with Crippen LogP contribution in [0.25, 0.3) is 21.8 Å². The van der Waals surface area contributed by atoms with Crippen molar-refractivity contribution < 1.29 is 4.79 Å². The first-order valence-corrected chi connectivity index (χ1v) is 11.6. The topological polar surface area (TPSA) is 92.7 Å². The maximum atomic E-state index is 13.2. The minimum atomic E-state index is -0.247. The molecule has 0 radical (unpaired) electrons. The van der Waals surface area contributed by atoms with E-state index in [1.807, 2.05) is 56.3 Å². The molecule has 4 aromatic rings. The van der Waals surface area contributed by atoms with Gasteiger partial charge >= 0.3 is 0 Å². The molecule has 4 rings (SSSR count). The van der Waals surface area contributed by atoms with Gasteiger partial charge in [0.15, 0.2) is 0 Å². The van der Waals surface area contributed by atoms with Gasteiger partial charge < -0.3 is 10.3 Å². The van der Waals surface area contributed by atoms with Crippen LogP contribution in [0.3, 0.4) is 0 Å². The minimum absolute atomic E-state index is 0.0893. The van der Waals surface area contributed by atoms with Crippen LogP contribution in [0.5, 0.6) is 0 Å². The van der Waals surface area contributed by atoms with E-state index >= 15 is 0 Å². The maximum Gasteiger partial charge on any atom is 0.274 e. The number of amides is 1. The lowest BCUT2D eigenvalue weighted by Crippen LogP contribution is -2.35. The molecule has 0 aliphatic rings. The summed E-state index contributed by atoms with van der Waals surface area (Å²) < 4.78 is 1.49. The van der Waals surface area contributed by atoms with Crippen molar-refractivity contribution in [1.82, 2.24) is 25.1 Å². The Morgan fingerprint density at radius 2 is 1.76 bits per heavy atom. The lowest BCUT2D eigenvalue weighted by atomic mass is 9.98. The Kier molecular flexibility index (Phi) is 6.58. The molecule has 0 aliphatic heterocycles. The highest BCUT2D eigenvalue weighted by atomic mass is 16.2. The molecule has 1 amide bonds. The van der Waals surface area contributed by atoms with Gasteiger partial charge in [-0.25, -0.2) is 9.67 Å². The van der Waals surface area contributed by atoms with Gasteiger partial charge in [-0.3, -0.25) is 9.59 Å². The fourth-order valence-corrected chi connectivity index (χ4v) is 4.12. The standard InChI is InChI=1S/C26H31N5O2/c1-5-17(4)24(25-27-20-12-8-9-13-21(20)28-25)29-23(32)14-22-18-10-6-7-11-19(18)26(33)31(30-22)15-16(2)3/h6-13,16-17,24H,5,14-15H2,1-4H3,(H,27,28)(H,29,32)/t17-,24+/m0/s1. The highest BCUT2D eigenvalue weighted by Crippen LogP contribution is 2.25. The normalized spacial score (nSPS) is 13.5. The monoisotopic (exact) mass is 445 g/mol. The maximum absolute atomic E-state index is 13.2. The summed E-state index contributed by atoms with van der Waals surface area (Å²) >= 11 is 0.